The van der Waals surface area contributed by atoms with Gasteiger partial charge in [-0.1, -0.05) is 13.8 Å². The van der Waals surface area contributed by atoms with E-state index in [1.165, 1.54) is 4.88 Å². The second-order valence-corrected chi connectivity index (χ2v) is 4.79. The second kappa shape index (κ2) is 6.48. The van der Waals surface area contributed by atoms with Crippen LogP contribution in [0.4, 0.5) is 4.79 Å². The summed E-state index contributed by atoms with van der Waals surface area (Å²) < 4.78 is 0. The van der Waals surface area contributed by atoms with Crippen molar-refractivity contribution in [2.75, 3.05) is 6.54 Å². The number of amides is 2. The highest BCUT2D eigenvalue weighted by Gasteiger charge is 2.12. The first-order valence-electron chi connectivity index (χ1n) is 5.66. The lowest BCUT2D eigenvalue weighted by Gasteiger charge is -2.11. The summed E-state index contributed by atoms with van der Waals surface area (Å²) in [6, 6.07) is -0.148. The van der Waals surface area contributed by atoms with Crippen molar-refractivity contribution in [2.45, 2.75) is 39.7 Å². The summed E-state index contributed by atoms with van der Waals surface area (Å²) >= 11 is 1.65. The molecule has 1 atom stereocenters. The average molecular weight is 241 g/mol. The van der Waals surface area contributed by atoms with Gasteiger partial charge < -0.3 is 10.6 Å². The van der Waals surface area contributed by atoms with Gasteiger partial charge in [0.2, 0.25) is 0 Å². The lowest BCUT2D eigenvalue weighted by Crippen LogP contribution is -2.37. The fourth-order valence-electron chi connectivity index (χ4n) is 1.23. The van der Waals surface area contributed by atoms with E-state index in [0.29, 0.717) is 6.54 Å². The van der Waals surface area contributed by atoms with Crippen molar-refractivity contribution in [3.63, 3.8) is 0 Å². The maximum absolute atomic E-state index is 11.4. The van der Waals surface area contributed by atoms with Crippen molar-refractivity contribution in [1.29, 1.82) is 0 Å². The molecule has 1 aromatic rings. The zero-order valence-corrected chi connectivity index (χ0v) is 10.9. The van der Waals surface area contributed by atoms with Gasteiger partial charge in [0, 0.05) is 17.6 Å². The maximum atomic E-state index is 11.4. The molecule has 2 N–H and O–H groups in total. The van der Waals surface area contributed by atoms with Crippen LogP contribution in [0.1, 0.15) is 43.1 Å². The summed E-state index contributed by atoms with van der Waals surface area (Å²) in [7, 11) is 0. The van der Waals surface area contributed by atoms with Gasteiger partial charge >= 0.3 is 6.03 Å². The van der Waals surface area contributed by atoms with E-state index in [-0.39, 0.29) is 12.1 Å². The number of aromatic nitrogens is 1. The highest BCUT2D eigenvalue weighted by molar-refractivity contribution is 7.11. The van der Waals surface area contributed by atoms with Gasteiger partial charge in [0.25, 0.3) is 0 Å². The monoisotopic (exact) mass is 241 g/mol. The smallest absolute Gasteiger partial charge is 0.315 e. The minimum Gasteiger partial charge on any atom is -0.338 e. The van der Waals surface area contributed by atoms with Crippen LogP contribution < -0.4 is 10.6 Å². The Morgan fingerprint density at radius 1 is 1.56 bits per heavy atom. The largest absolute Gasteiger partial charge is 0.338 e. The number of carbonyl (C=O) groups excluding carboxylic acids is 1. The van der Waals surface area contributed by atoms with Crippen LogP contribution in [0.2, 0.25) is 0 Å². The minimum absolute atomic E-state index is 0.0258. The third-order valence-electron chi connectivity index (χ3n) is 2.17. The van der Waals surface area contributed by atoms with E-state index in [9.17, 15) is 4.79 Å². The first kappa shape index (κ1) is 13.0. The third kappa shape index (κ3) is 3.81. The molecule has 16 heavy (non-hydrogen) atoms. The van der Waals surface area contributed by atoms with Crippen LogP contribution in [-0.2, 0) is 6.42 Å². The van der Waals surface area contributed by atoms with Gasteiger partial charge in [-0.05, 0) is 19.8 Å². The summed E-state index contributed by atoms with van der Waals surface area (Å²) in [6.07, 6.45) is 3.81. The molecule has 0 saturated heterocycles. The maximum Gasteiger partial charge on any atom is 0.315 e. The molecule has 0 aliphatic heterocycles. The van der Waals surface area contributed by atoms with E-state index >= 15 is 0 Å². The molecule has 2 amide bonds. The highest BCUT2D eigenvalue weighted by Crippen LogP contribution is 2.19. The van der Waals surface area contributed by atoms with Gasteiger partial charge in [-0.2, -0.15) is 0 Å². The molecule has 0 aromatic carbocycles. The van der Waals surface area contributed by atoms with Crippen molar-refractivity contribution in [3.8, 4) is 0 Å². The molecule has 0 fully saturated rings. The van der Waals surface area contributed by atoms with Crippen LogP contribution in [0.25, 0.3) is 0 Å². The van der Waals surface area contributed by atoms with E-state index in [2.05, 4.69) is 22.5 Å². The molecular weight excluding hydrogens is 222 g/mol. The Morgan fingerprint density at radius 2 is 2.31 bits per heavy atom. The van der Waals surface area contributed by atoms with Crippen LogP contribution in [0, 0.1) is 0 Å². The van der Waals surface area contributed by atoms with Crippen LogP contribution in [0.5, 0.6) is 0 Å². The summed E-state index contributed by atoms with van der Waals surface area (Å²) in [5, 5.41) is 6.61. The zero-order valence-electron chi connectivity index (χ0n) is 10.0. The normalized spacial score (nSPS) is 12.2. The predicted octanol–water partition coefficient (Wildman–Crippen LogP) is 2.48. The molecule has 5 heteroatoms. The van der Waals surface area contributed by atoms with Crippen molar-refractivity contribution >= 4 is 17.4 Å². The first-order valence-corrected chi connectivity index (χ1v) is 6.48. The molecule has 1 unspecified atom stereocenters. The summed E-state index contributed by atoms with van der Waals surface area (Å²) in [4.78, 5) is 17.0. The van der Waals surface area contributed by atoms with E-state index in [4.69, 9.17) is 0 Å². The second-order valence-electron chi connectivity index (χ2n) is 3.64. The molecule has 0 aliphatic rings. The number of hydrogen-bond donors (Lipinski definition) is 2. The molecule has 0 radical (unpaired) electrons. The van der Waals surface area contributed by atoms with Gasteiger partial charge in [-0.3, -0.25) is 0 Å². The zero-order chi connectivity index (χ0) is 12.0. The Kier molecular flexibility index (Phi) is 5.25. The molecule has 1 heterocycles. The van der Waals surface area contributed by atoms with E-state index in [1.807, 2.05) is 20.0 Å². The molecule has 0 saturated carbocycles. The Balaban J connectivity index is 2.45. The molecule has 90 valence electrons. The Hall–Kier alpha value is -1.10. The van der Waals surface area contributed by atoms with Gasteiger partial charge in [-0.15, -0.1) is 11.3 Å². The number of carbonyl (C=O) groups is 1. The Morgan fingerprint density at radius 3 is 2.88 bits per heavy atom. The number of hydrogen-bond acceptors (Lipinski definition) is 3. The van der Waals surface area contributed by atoms with E-state index < -0.39 is 0 Å². The molecule has 0 aliphatic carbocycles. The van der Waals surface area contributed by atoms with Crippen molar-refractivity contribution < 1.29 is 4.79 Å². The van der Waals surface area contributed by atoms with Gasteiger partial charge in [-0.25, -0.2) is 9.78 Å². The number of rotatable bonds is 5. The summed E-state index contributed by atoms with van der Waals surface area (Å²) in [5.74, 6) is 0. The van der Waals surface area contributed by atoms with Crippen LogP contribution in [0.15, 0.2) is 6.20 Å². The number of nitrogens with one attached hydrogen (secondary N) is 2. The topological polar surface area (TPSA) is 54.0 Å². The third-order valence-corrected chi connectivity index (χ3v) is 3.50. The van der Waals surface area contributed by atoms with Gasteiger partial charge in [0.15, 0.2) is 0 Å². The van der Waals surface area contributed by atoms with Gasteiger partial charge in [0.05, 0.1) is 6.04 Å². The lowest BCUT2D eigenvalue weighted by molar-refractivity contribution is 0.238. The fraction of sp³-hybridized carbons (Fsp3) is 0.636. The standard InChI is InChI=1S/C11H19N3OS/c1-4-6-12-11(15)14-8(3)10-13-7-9(5-2)16-10/h7-8H,4-6H2,1-3H3,(H2,12,14,15). The number of aryl methyl sites for hydroxylation is 1. The molecular formula is C11H19N3OS. The molecule has 1 rings (SSSR count). The number of thiazole rings is 1. The van der Waals surface area contributed by atoms with Crippen molar-refractivity contribution in [1.82, 2.24) is 15.6 Å². The molecule has 0 bridgehead atoms. The van der Waals surface area contributed by atoms with Crippen molar-refractivity contribution in [2.24, 2.45) is 0 Å². The van der Waals surface area contributed by atoms with Crippen LogP contribution in [-0.4, -0.2) is 17.6 Å². The fourth-order valence-corrected chi connectivity index (χ4v) is 2.09. The van der Waals surface area contributed by atoms with Crippen LogP contribution in [0.3, 0.4) is 0 Å². The van der Waals surface area contributed by atoms with Crippen molar-refractivity contribution in [3.05, 3.63) is 16.1 Å². The summed E-state index contributed by atoms with van der Waals surface area (Å²) in [6.45, 7) is 6.78. The minimum atomic E-state index is -0.123. The Labute approximate surface area is 100 Å². The lowest BCUT2D eigenvalue weighted by atomic mass is 10.3. The van der Waals surface area contributed by atoms with Crippen LogP contribution >= 0.6 is 11.3 Å². The SMILES string of the molecule is CCCNC(=O)NC(C)c1ncc(CC)s1. The number of urea groups is 1. The highest BCUT2D eigenvalue weighted by atomic mass is 32.1. The van der Waals surface area contributed by atoms with E-state index in [0.717, 1.165) is 17.8 Å². The quantitative estimate of drug-likeness (QED) is 0.832. The van der Waals surface area contributed by atoms with Gasteiger partial charge in [0.1, 0.15) is 5.01 Å². The first-order chi connectivity index (χ1) is 7.67. The van der Waals surface area contributed by atoms with E-state index in [1.54, 1.807) is 11.3 Å². The number of nitrogens with zero attached hydrogens (tertiary/aromatic N) is 1. The molecule has 1 aromatic heterocycles. The summed E-state index contributed by atoms with van der Waals surface area (Å²) in [5.41, 5.74) is 0. The molecule has 0 spiro atoms. The predicted molar refractivity (Wildman–Crippen MR) is 66.7 cm³/mol. The molecule has 4 nitrogen and oxygen atoms in total. The Bertz CT molecular complexity index is 338. The average Bonchev–Trinajstić information content (AvgIpc) is 2.74.